The van der Waals surface area contributed by atoms with Crippen molar-refractivity contribution in [2.24, 2.45) is 0 Å². The van der Waals surface area contributed by atoms with E-state index in [4.69, 9.17) is 9.84 Å². The number of amides is 2. The number of cyclic esters (lactones) is 1. The van der Waals surface area contributed by atoms with Gasteiger partial charge in [0, 0.05) is 0 Å². The summed E-state index contributed by atoms with van der Waals surface area (Å²) >= 11 is 0. The van der Waals surface area contributed by atoms with Gasteiger partial charge in [0.05, 0.1) is 0 Å². The molecule has 2 rings (SSSR count). The lowest BCUT2D eigenvalue weighted by atomic mass is 10.1. The number of benzene rings is 1. The van der Waals surface area contributed by atoms with Gasteiger partial charge in [-0.2, -0.15) is 0 Å². The first-order valence-corrected chi connectivity index (χ1v) is 4.94. The smallest absolute Gasteiger partial charge is 0.414 e. The molecule has 0 bridgehead atoms. The number of aryl methyl sites for hydroxylation is 1. The van der Waals surface area contributed by atoms with E-state index in [2.05, 4.69) is 5.32 Å². The number of aromatic hydroxyl groups is 1. The lowest BCUT2D eigenvalue weighted by Crippen LogP contribution is -2.24. The minimum absolute atomic E-state index is 0.203. The van der Waals surface area contributed by atoms with E-state index in [9.17, 15) is 9.59 Å². The maximum absolute atomic E-state index is 11.2. The van der Waals surface area contributed by atoms with Crippen molar-refractivity contribution in [3.05, 3.63) is 29.8 Å². The van der Waals surface area contributed by atoms with Crippen LogP contribution in [0.25, 0.3) is 0 Å². The number of phenolic OH excluding ortho intramolecular Hbond substituents is 1. The van der Waals surface area contributed by atoms with E-state index in [0.717, 1.165) is 5.56 Å². The van der Waals surface area contributed by atoms with Gasteiger partial charge >= 0.3 is 6.09 Å². The minimum Gasteiger partial charge on any atom is -0.508 e. The number of imide groups is 1. The van der Waals surface area contributed by atoms with Crippen LogP contribution in [-0.4, -0.2) is 23.2 Å². The molecule has 0 aliphatic carbocycles. The molecule has 2 amide bonds. The fourth-order valence-electron chi connectivity index (χ4n) is 1.54. The summed E-state index contributed by atoms with van der Waals surface area (Å²) < 4.78 is 4.77. The summed E-state index contributed by atoms with van der Waals surface area (Å²) in [6.07, 6.45) is -0.310. The summed E-state index contributed by atoms with van der Waals surface area (Å²) in [5, 5.41) is 11.2. The SMILES string of the molecule is O=C1NC(=O)C(CCc2ccc(O)cc2)O1. The van der Waals surface area contributed by atoms with E-state index in [1.54, 1.807) is 24.3 Å². The molecular weight excluding hydrogens is 210 g/mol. The highest BCUT2D eigenvalue weighted by atomic mass is 16.6. The standard InChI is InChI=1S/C11H11NO4/c13-8-4-1-7(2-5-8)3-6-9-10(14)12-11(15)16-9/h1-2,4-5,9,13H,3,6H2,(H,12,14,15). The van der Waals surface area contributed by atoms with E-state index in [1.807, 2.05) is 0 Å². The number of carbonyl (C=O) groups excluding carboxylic acids is 2. The highest BCUT2D eigenvalue weighted by Gasteiger charge is 2.31. The monoisotopic (exact) mass is 221 g/mol. The molecule has 1 aliphatic rings. The van der Waals surface area contributed by atoms with Gasteiger partial charge in [-0.3, -0.25) is 10.1 Å². The van der Waals surface area contributed by atoms with Gasteiger partial charge in [0.1, 0.15) is 5.75 Å². The molecule has 1 aliphatic heterocycles. The molecule has 1 saturated heterocycles. The zero-order valence-corrected chi connectivity index (χ0v) is 8.47. The van der Waals surface area contributed by atoms with Crippen LogP contribution in [0.3, 0.4) is 0 Å². The summed E-state index contributed by atoms with van der Waals surface area (Å²) in [5.74, 6) is -0.183. The van der Waals surface area contributed by atoms with Crippen molar-refractivity contribution in [1.82, 2.24) is 5.32 Å². The summed E-state index contributed by atoms with van der Waals surface area (Å²) in [5.41, 5.74) is 0.980. The second kappa shape index (κ2) is 4.22. The van der Waals surface area contributed by atoms with E-state index < -0.39 is 12.2 Å². The Bertz CT molecular complexity index is 412. The molecule has 0 spiro atoms. The lowest BCUT2D eigenvalue weighted by Gasteiger charge is -2.05. The maximum Gasteiger partial charge on any atom is 0.414 e. The van der Waals surface area contributed by atoms with Crippen LogP contribution in [0.1, 0.15) is 12.0 Å². The van der Waals surface area contributed by atoms with Crippen molar-refractivity contribution in [1.29, 1.82) is 0 Å². The van der Waals surface area contributed by atoms with Crippen molar-refractivity contribution in [2.75, 3.05) is 0 Å². The molecule has 5 heteroatoms. The predicted molar refractivity (Wildman–Crippen MR) is 54.8 cm³/mol. The molecule has 16 heavy (non-hydrogen) atoms. The quantitative estimate of drug-likeness (QED) is 0.797. The van der Waals surface area contributed by atoms with Gasteiger partial charge in [-0.05, 0) is 30.5 Å². The first-order valence-electron chi connectivity index (χ1n) is 4.94. The van der Waals surface area contributed by atoms with Gasteiger partial charge in [0.2, 0.25) is 0 Å². The summed E-state index contributed by atoms with van der Waals surface area (Å²) in [6, 6.07) is 6.69. The highest BCUT2D eigenvalue weighted by molar-refractivity contribution is 5.99. The van der Waals surface area contributed by atoms with Gasteiger partial charge in [-0.1, -0.05) is 12.1 Å². The Morgan fingerprint density at radius 1 is 1.25 bits per heavy atom. The van der Waals surface area contributed by atoms with Gasteiger partial charge < -0.3 is 9.84 Å². The van der Waals surface area contributed by atoms with Gasteiger partial charge in [-0.15, -0.1) is 0 Å². The third-order valence-electron chi connectivity index (χ3n) is 2.40. The van der Waals surface area contributed by atoms with Crippen LogP contribution in [0.5, 0.6) is 5.75 Å². The zero-order valence-electron chi connectivity index (χ0n) is 8.47. The van der Waals surface area contributed by atoms with Crippen LogP contribution in [-0.2, 0) is 16.0 Å². The van der Waals surface area contributed by atoms with Crippen LogP contribution >= 0.6 is 0 Å². The lowest BCUT2D eigenvalue weighted by molar-refractivity contribution is -0.123. The molecular formula is C11H11NO4. The zero-order chi connectivity index (χ0) is 11.5. The van der Waals surface area contributed by atoms with Crippen LogP contribution in [0.4, 0.5) is 4.79 Å². The predicted octanol–water partition coefficient (Wildman–Crippen LogP) is 0.960. The van der Waals surface area contributed by atoms with Crippen molar-refractivity contribution in [3.63, 3.8) is 0 Å². The second-order valence-electron chi connectivity index (χ2n) is 3.59. The summed E-state index contributed by atoms with van der Waals surface area (Å²) in [4.78, 5) is 21.9. The molecule has 1 aromatic carbocycles. The van der Waals surface area contributed by atoms with Gasteiger partial charge in [0.25, 0.3) is 5.91 Å². The van der Waals surface area contributed by atoms with Crippen molar-refractivity contribution in [2.45, 2.75) is 18.9 Å². The van der Waals surface area contributed by atoms with Crippen molar-refractivity contribution >= 4 is 12.0 Å². The maximum atomic E-state index is 11.2. The summed E-state index contributed by atoms with van der Waals surface area (Å²) in [6.45, 7) is 0. The Hall–Kier alpha value is -2.04. The number of phenols is 1. The van der Waals surface area contributed by atoms with Gasteiger partial charge in [-0.25, -0.2) is 4.79 Å². The number of hydrogen-bond acceptors (Lipinski definition) is 4. The normalized spacial score (nSPS) is 19.4. The molecule has 1 unspecified atom stereocenters. The van der Waals surface area contributed by atoms with Crippen LogP contribution < -0.4 is 5.32 Å². The van der Waals surface area contributed by atoms with E-state index >= 15 is 0 Å². The second-order valence-corrected chi connectivity index (χ2v) is 3.59. The van der Waals surface area contributed by atoms with Crippen molar-refractivity contribution < 1.29 is 19.4 Å². The third-order valence-corrected chi connectivity index (χ3v) is 2.40. The Morgan fingerprint density at radius 2 is 1.94 bits per heavy atom. The average molecular weight is 221 g/mol. The number of hydrogen-bond donors (Lipinski definition) is 2. The van der Waals surface area contributed by atoms with Gasteiger partial charge in [0.15, 0.2) is 6.10 Å². The van der Waals surface area contributed by atoms with E-state index in [0.29, 0.717) is 12.8 Å². The Balaban J connectivity index is 1.90. The molecule has 5 nitrogen and oxygen atoms in total. The molecule has 0 saturated carbocycles. The minimum atomic E-state index is -0.693. The fourth-order valence-corrected chi connectivity index (χ4v) is 1.54. The largest absolute Gasteiger partial charge is 0.508 e. The Kier molecular flexibility index (Phi) is 2.76. The van der Waals surface area contributed by atoms with Crippen LogP contribution in [0.15, 0.2) is 24.3 Å². The molecule has 2 N–H and O–H groups in total. The Morgan fingerprint density at radius 3 is 2.50 bits per heavy atom. The van der Waals surface area contributed by atoms with Crippen molar-refractivity contribution in [3.8, 4) is 5.75 Å². The first kappa shape index (κ1) is 10.5. The average Bonchev–Trinajstić information content (AvgIpc) is 2.57. The number of alkyl carbamates (subject to hydrolysis) is 1. The molecule has 1 fully saturated rings. The first-order chi connectivity index (χ1) is 7.65. The number of nitrogens with one attached hydrogen (secondary N) is 1. The van der Waals surface area contributed by atoms with E-state index in [-0.39, 0.29) is 11.7 Å². The topological polar surface area (TPSA) is 75.6 Å². The molecule has 1 heterocycles. The number of ether oxygens (including phenoxy) is 1. The fraction of sp³-hybridized carbons (Fsp3) is 0.273. The molecule has 0 aromatic heterocycles. The Labute approximate surface area is 92.0 Å². The molecule has 84 valence electrons. The third kappa shape index (κ3) is 2.31. The highest BCUT2D eigenvalue weighted by Crippen LogP contribution is 2.14. The van der Waals surface area contributed by atoms with Crippen LogP contribution in [0.2, 0.25) is 0 Å². The number of carbonyl (C=O) groups is 2. The molecule has 1 atom stereocenters. The summed E-state index contributed by atoms with van der Waals surface area (Å²) in [7, 11) is 0. The van der Waals surface area contributed by atoms with Crippen LogP contribution in [0, 0.1) is 0 Å². The van der Waals surface area contributed by atoms with E-state index in [1.165, 1.54) is 0 Å². The number of rotatable bonds is 3. The molecule has 1 aromatic rings. The molecule has 0 radical (unpaired) electrons.